The van der Waals surface area contributed by atoms with Crippen molar-refractivity contribution in [2.24, 2.45) is 0 Å². The van der Waals surface area contributed by atoms with Gasteiger partial charge in [-0.25, -0.2) is 13.3 Å². The van der Waals surface area contributed by atoms with Crippen LogP contribution in [0, 0.1) is 0 Å². The highest BCUT2D eigenvalue weighted by Gasteiger charge is 2.38. The molecule has 0 aromatic heterocycles. The fraction of sp³-hybridized carbons (Fsp3) is 0.150. The predicted molar refractivity (Wildman–Crippen MR) is 104 cm³/mol. The summed E-state index contributed by atoms with van der Waals surface area (Å²) in [5, 5.41) is 10.7. The van der Waals surface area contributed by atoms with Gasteiger partial charge in [0, 0.05) is 29.9 Å². The Morgan fingerprint density at radius 3 is 2.04 bits per heavy atom. The van der Waals surface area contributed by atoms with Gasteiger partial charge in [-0.3, -0.25) is 14.4 Å². The molecule has 0 saturated carbocycles. The topological polar surface area (TPSA) is 109 Å². The van der Waals surface area contributed by atoms with E-state index in [0.29, 0.717) is 5.56 Å². The van der Waals surface area contributed by atoms with E-state index in [1.807, 2.05) is 0 Å². The fourth-order valence-corrected chi connectivity index (χ4v) is 3.66. The van der Waals surface area contributed by atoms with Crippen molar-refractivity contribution in [3.8, 4) is 0 Å². The minimum absolute atomic E-state index is 0.0661. The first kappa shape index (κ1) is 19.5. The van der Waals surface area contributed by atoms with Gasteiger partial charge in [-0.15, -0.1) is 0 Å². The monoisotopic (exact) mass is 399 g/mol. The highest BCUT2D eigenvalue weighted by molar-refractivity contribution is 7.90. The zero-order valence-electron chi connectivity index (χ0n) is 15.4. The fourth-order valence-electron chi connectivity index (χ4n) is 3.03. The predicted octanol–water partition coefficient (Wildman–Crippen LogP) is 2.61. The molecule has 1 aliphatic rings. The minimum Gasteiger partial charge on any atom is -0.506 e. The molecule has 1 heterocycles. The van der Waals surface area contributed by atoms with Crippen LogP contribution in [0.2, 0.25) is 0 Å². The third-order valence-corrected chi connectivity index (χ3v) is 5.57. The van der Waals surface area contributed by atoms with Crippen molar-refractivity contribution in [1.29, 1.82) is 0 Å². The lowest BCUT2D eigenvalue weighted by Crippen LogP contribution is -2.31. The first-order valence-corrected chi connectivity index (χ1v) is 10.2. The quantitative estimate of drug-likeness (QED) is 0.483. The van der Waals surface area contributed by atoms with Crippen LogP contribution < -0.4 is 4.90 Å². The van der Waals surface area contributed by atoms with Crippen LogP contribution in [0.3, 0.4) is 0 Å². The lowest BCUT2D eigenvalue weighted by atomic mass is 9.99. The Hall–Kier alpha value is -3.26. The van der Waals surface area contributed by atoms with Crippen LogP contribution in [-0.2, 0) is 19.4 Å². The summed E-state index contributed by atoms with van der Waals surface area (Å²) in [6.45, 7) is 2.59. The molecule has 0 aliphatic carbocycles. The molecule has 0 fully saturated rings. The largest absolute Gasteiger partial charge is 0.506 e. The molecule has 0 atom stereocenters. The number of carbonyl (C=O) groups excluding carboxylic acids is 3. The van der Waals surface area contributed by atoms with Crippen LogP contribution >= 0.6 is 0 Å². The number of nitrogens with zero attached hydrogens (tertiary/aromatic N) is 1. The van der Waals surface area contributed by atoms with E-state index in [1.54, 1.807) is 0 Å². The van der Waals surface area contributed by atoms with E-state index in [4.69, 9.17) is 0 Å². The van der Waals surface area contributed by atoms with Gasteiger partial charge in [-0.05, 0) is 49.4 Å². The number of carbonyl (C=O) groups is 3. The third-order valence-electron chi connectivity index (χ3n) is 4.44. The standard InChI is InChI=1S/C20H17NO6S/c1-11(22)14-6-9-17-16(10-14)18(20(25)21(17)12(2)23)19(24)13-4-7-15(8-5-13)28(3,26)27/h4-10,24H,1-3H3/b19-18-. The Kier molecular flexibility index (Phi) is 4.68. The Morgan fingerprint density at radius 1 is 0.964 bits per heavy atom. The highest BCUT2D eigenvalue weighted by Crippen LogP contribution is 2.41. The normalized spacial score (nSPS) is 15.4. The molecule has 28 heavy (non-hydrogen) atoms. The van der Waals surface area contributed by atoms with E-state index < -0.39 is 27.4 Å². The number of ketones is 1. The Balaban J connectivity index is 2.23. The SMILES string of the molecule is CC(=O)c1ccc2c(c1)/C(=C(/O)c1ccc(S(C)(=O)=O)cc1)C(=O)N2C(C)=O. The molecule has 3 rings (SSSR count). The second-order valence-electron chi connectivity index (χ2n) is 6.47. The molecule has 1 N–H and O–H groups in total. The van der Waals surface area contributed by atoms with Crippen molar-refractivity contribution in [2.75, 3.05) is 11.2 Å². The lowest BCUT2D eigenvalue weighted by molar-refractivity contribution is -0.122. The zero-order valence-corrected chi connectivity index (χ0v) is 16.2. The maximum absolute atomic E-state index is 12.8. The Morgan fingerprint density at radius 2 is 1.54 bits per heavy atom. The summed E-state index contributed by atoms with van der Waals surface area (Å²) in [5.41, 5.74) is 0.949. The molecule has 1 aliphatic heterocycles. The summed E-state index contributed by atoms with van der Waals surface area (Å²) < 4.78 is 23.2. The second-order valence-corrected chi connectivity index (χ2v) is 8.48. The van der Waals surface area contributed by atoms with Crippen LogP contribution in [0.25, 0.3) is 11.3 Å². The van der Waals surface area contributed by atoms with Crippen LogP contribution in [0.4, 0.5) is 5.69 Å². The van der Waals surface area contributed by atoms with E-state index in [9.17, 15) is 27.9 Å². The van der Waals surface area contributed by atoms with Gasteiger partial charge < -0.3 is 5.11 Å². The van der Waals surface area contributed by atoms with Gasteiger partial charge >= 0.3 is 0 Å². The van der Waals surface area contributed by atoms with Gasteiger partial charge in [0.1, 0.15) is 5.76 Å². The smallest absolute Gasteiger partial charge is 0.269 e. The Bertz CT molecular complexity index is 1160. The summed E-state index contributed by atoms with van der Waals surface area (Å²) in [6.07, 6.45) is 1.06. The van der Waals surface area contributed by atoms with Gasteiger partial charge in [0.15, 0.2) is 15.6 Å². The summed E-state index contributed by atoms with van der Waals surface area (Å²) in [6, 6.07) is 9.82. The van der Waals surface area contributed by atoms with Gasteiger partial charge in [-0.2, -0.15) is 0 Å². The van der Waals surface area contributed by atoms with E-state index >= 15 is 0 Å². The van der Waals surface area contributed by atoms with Crippen molar-refractivity contribution in [1.82, 2.24) is 0 Å². The van der Waals surface area contributed by atoms with Crippen molar-refractivity contribution >= 4 is 44.5 Å². The van der Waals surface area contributed by atoms with Gasteiger partial charge in [0.05, 0.1) is 16.2 Å². The molecule has 0 radical (unpaired) electrons. The molecule has 2 aromatic rings. The number of fused-ring (bicyclic) bond motifs is 1. The molecule has 8 heteroatoms. The molecular weight excluding hydrogens is 382 g/mol. The average Bonchev–Trinajstić information content (AvgIpc) is 2.91. The van der Waals surface area contributed by atoms with Crippen molar-refractivity contribution in [2.45, 2.75) is 18.7 Å². The summed E-state index contributed by atoms with van der Waals surface area (Å²) in [7, 11) is -3.41. The van der Waals surface area contributed by atoms with Crippen LogP contribution in [-0.4, -0.2) is 37.4 Å². The number of Topliss-reactive ketones (excluding diaryl/α,β-unsaturated/α-hetero) is 1. The van der Waals surface area contributed by atoms with Crippen molar-refractivity contribution in [3.05, 3.63) is 59.2 Å². The molecule has 7 nitrogen and oxygen atoms in total. The number of benzene rings is 2. The number of imide groups is 1. The lowest BCUT2D eigenvalue weighted by Gasteiger charge is -2.12. The molecule has 2 aromatic carbocycles. The maximum atomic E-state index is 12.8. The number of hydrogen-bond donors (Lipinski definition) is 1. The number of anilines is 1. The van der Waals surface area contributed by atoms with Crippen LogP contribution in [0.15, 0.2) is 47.4 Å². The minimum atomic E-state index is -3.41. The van der Waals surface area contributed by atoms with E-state index in [2.05, 4.69) is 0 Å². The number of rotatable bonds is 3. The van der Waals surface area contributed by atoms with E-state index in [0.717, 1.165) is 11.2 Å². The van der Waals surface area contributed by atoms with Crippen LogP contribution in [0.1, 0.15) is 35.3 Å². The maximum Gasteiger partial charge on any atom is 0.269 e. The number of aliphatic hydroxyl groups is 1. The molecule has 2 amide bonds. The van der Waals surface area contributed by atoms with E-state index in [1.165, 1.54) is 56.3 Å². The van der Waals surface area contributed by atoms with Gasteiger partial charge in [-0.1, -0.05) is 0 Å². The number of sulfone groups is 1. The molecule has 144 valence electrons. The molecular formula is C20H17NO6S. The van der Waals surface area contributed by atoms with E-state index in [-0.39, 0.29) is 33.1 Å². The number of hydrogen-bond acceptors (Lipinski definition) is 6. The highest BCUT2D eigenvalue weighted by atomic mass is 32.2. The third kappa shape index (κ3) is 3.22. The second kappa shape index (κ2) is 6.72. The summed E-state index contributed by atoms with van der Waals surface area (Å²) in [5.74, 6) is -1.88. The first-order chi connectivity index (χ1) is 13.0. The van der Waals surface area contributed by atoms with Crippen LogP contribution in [0.5, 0.6) is 0 Å². The summed E-state index contributed by atoms with van der Waals surface area (Å²) in [4.78, 5) is 37.5. The first-order valence-electron chi connectivity index (χ1n) is 8.26. The number of aliphatic hydroxyl groups excluding tert-OH is 1. The van der Waals surface area contributed by atoms with Crippen molar-refractivity contribution < 1.29 is 27.9 Å². The molecule has 0 spiro atoms. The zero-order chi connectivity index (χ0) is 20.8. The van der Waals surface area contributed by atoms with Crippen molar-refractivity contribution in [3.63, 3.8) is 0 Å². The van der Waals surface area contributed by atoms with Gasteiger partial charge in [0.2, 0.25) is 5.91 Å². The van der Waals surface area contributed by atoms with Gasteiger partial charge in [0.25, 0.3) is 5.91 Å². The molecule has 0 saturated heterocycles. The molecule has 0 bridgehead atoms. The number of amides is 2. The summed E-state index contributed by atoms with van der Waals surface area (Å²) >= 11 is 0. The molecule has 0 unspecified atom stereocenters. The average molecular weight is 399 g/mol. The Labute approximate surface area is 161 Å².